The molecule has 1 N–H and O–H groups in total. The monoisotopic (exact) mass is 177 g/mol. The number of carbonyl (C=O) groups excluding carboxylic acids is 2. The summed E-state index contributed by atoms with van der Waals surface area (Å²) in [4.78, 5) is 20.4. The SMILES string of the molecule is O=C1C[C@@H](Br)C(=O)N1. The number of halogens is 1. The lowest BCUT2D eigenvalue weighted by Crippen LogP contribution is -2.21. The van der Waals surface area contributed by atoms with Crippen molar-refractivity contribution >= 4 is 27.7 Å². The zero-order chi connectivity index (χ0) is 6.15. The van der Waals surface area contributed by atoms with Gasteiger partial charge in [-0.3, -0.25) is 14.9 Å². The minimum absolute atomic E-state index is 0.197. The van der Waals surface area contributed by atoms with Crippen LogP contribution in [-0.2, 0) is 9.59 Å². The summed E-state index contributed by atoms with van der Waals surface area (Å²) >= 11 is 3.01. The topological polar surface area (TPSA) is 46.2 Å². The van der Waals surface area contributed by atoms with Crippen molar-refractivity contribution in [2.24, 2.45) is 0 Å². The van der Waals surface area contributed by atoms with Gasteiger partial charge in [0.05, 0.1) is 0 Å². The molecule has 1 heterocycles. The van der Waals surface area contributed by atoms with Crippen LogP contribution in [0.2, 0.25) is 0 Å². The number of hydrogen-bond donors (Lipinski definition) is 1. The molecule has 3 nitrogen and oxygen atoms in total. The fourth-order valence-electron chi connectivity index (χ4n) is 0.522. The molecular formula is C4H4BrNO2. The minimum atomic E-state index is -0.296. The Morgan fingerprint density at radius 1 is 1.62 bits per heavy atom. The summed E-state index contributed by atoms with van der Waals surface area (Å²) in [5.74, 6) is -0.424. The highest BCUT2D eigenvalue weighted by atomic mass is 79.9. The smallest absolute Gasteiger partial charge is 0.240 e. The highest BCUT2D eigenvalue weighted by Gasteiger charge is 2.27. The highest BCUT2D eigenvalue weighted by molar-refractivity contribution is 9.10. The third kappa shape index (κ3) is 0.888. The zero-order valence-corrected chi connectivity index (χ0v) is 5.56. The summed E-state index contributed by atoms with van der Waals surface area (Å²) in [5, 5.41) is 2.14. The van der Waals surface area contributed by atoms with Gasteiger partial charge in [0.25, 0.3) is 0 Å². The summed E-state index contributed by atoms with van der Waals surface area (Å²) in [6.45, 7) is 0. The first-order valence-corrected chi connectivity index (χ1v) is 3.09. The molecule has 4 heteroatoms. The van der Waals surface area contributed by atoms with Crippen LogP contribution >= 0.6 is 15.9 Å². The molecule has 44 valence electrons. The molecule has 0 aromatic rings. The molecule has 0 bridgehead atoms. The Labute approximate surface area is 54.6 Å². The standard InChI is InChI=1S/C4H4BrNO2/c5-2-1-3(7)6-4(2)8/h2H,1H2,(H,6,7,8)/t2-/m1/s1. The van der Waals surface area contributed by atoms with Crippen LogP contribution in [0, 0.1) is 0 Å². The van der Waals surface area contributed by atoms with Crippen LogP contribution in [0.4, 0.5) is 0 Å². The second-order valence-corrected chi connectivity index (χ2v) is 2.69. The third-order valence-corrected chi connectivity index (χ3v) is 1.65. The molecular weight excluding hydrogens is 174 g/mol. The molecule has 1 rings (SSSR count). The van der Waals surface area contributed by atoms with Gasteiger partial charge in [0.2, 0.25) is 11.8 Å². The van der Waals surface area contributed by atoms with Crippen molar-refractivity contribution in [1.82, 2.24) is 5.32 Å². The van der Waals surface area contributed by atoms with E-state index >= 15 is 0 Å². The lowest BCUT2D eigenvalue weighted by atomic mass is 10.4. The maximum absolute atomic E-state index is 10.4. The zero-order valence-electron chi connectivity index (χ0n) is 3.98. The number of carbonyl (C=O) groups is 2. The Balaban J connectivity index is 2.64. The molecule has 1 atom stereocenters. The van der Waals surface area contributed by atoms with Crippen molar-refractivity contribution in [3.63, 3.8) is 0 Å². The summed E-state index contributed by atoms with van der Waals surface area (Å²) in [6, 6.07) is 0. The molecule has 0 radical (unpaired) electrons. The van der Waals surface area contributed by atoms with E-state index in [4.69, 9.17) is 0 Å². The summed E-state index contributed by atoms with van der Waals surface area (Å²) in [5.41, 5.74) is 0. The first-order valence-electron chi connectivity index (χ1n) is 2.18. The van der Waals surface area contributed by atoms with Crippen molar-refractivity contribution in [1.29, 1.82) is 0 Å². The first-order chi connectivity index (χ1) is 3.70. The molecule has 1 fully saturated rings. The second kappa shape index (κ2) is 1.85. The van der Waals surface area contributed by atoms with Crippen molar-refractivity contribution < 1.29 is 9.59 Å². The van der Waals surface area contributed by atoms with E-state index in [1.165, 1.54) is 0 Å². The molecule has 0 unspecified atom stereocenters. The Hall–Kier alpha value is -0.380. The average Bonchev–Trinajstić information content (AvgIpc) is 1.85. The van der Waals surface area contributed by atoms with E-state index in [1.54, 1.807) is 0 Å². The fourth-order valence-corrected chi connectivity index (χ4v) is 0.931. The van der Waals surface area contributed by atoms with Gasteiger partial charge >= 0.3 is 0 Å². The minimum Gasteiger partial charge on any atom is -0.295 e. The Kier molecular flexibility index (Phi) is 1.33. The Morgan fingerprint density at radius 3 is 2.38 bits per heavy atom. The van der Waals surface area contributed by atoms with Gasteiger partial charge in [-0.25, -0.2) is 0 Å². The average molecular weight is 178 g/mol. The summed E-state index contributed by atoms with van der Waals surface area (Å²) < 4.78 is 0. The molecule has 1 aliphatic rings. The van der Waals surface area contributed by atoms with Gasteiger partial charge in [-0.1, -0.05) is 15.9 Å². The summed E-state index contributed by atoms with van der Waals surface area (Å²) in [7, 11) is 0. The molecule has 0 saturated carbocycles. The van der Waals surface area contributed by atoms with E-state index in [-0.39, 0.29) is 23.1 Å². The van der Waals surface area contributed by atoms with Crippen LogP contribution in [0.25, 0.3) is 0 Å². The number of nitrogens with one attached hydrogen (secondary N) is 1. The summed E-state index contributed by atoms with van der Waals surface area (Å²) in [6.07, 6.45) is 0.277. The quantitative estimate of drug-likeness (QED) is 0.412. The number of hydrogen-bond acceptors (Lipinski definition) is 2. The molecule has 1 aliphatic heterocycles. The van der Waals surface area contributed by atoms with Gasteiger partial charge in [-0.15, -0.1) is 0 Å². The molecule has 0 aromatic heterocycles. The maximum Gasteiger partial charge on any atom is 0.240 e. The van der Waals surface area contributed by atoms with Crippen LogP contribution in [0.5, 0.6) is 0 Å². The lowest BCUT2D eigenvalue weighted by Gasteiger charge is -1.86. The van der Waals surface area contributed by atoms with Crippen LogP contribution in [0.3, 0.4) is 0 Å². The van der Waals surface area contributed by atoms with Crippen molar-refractivity contribution in [2.45, 2.75) is 11.2 Å². The van der Waals surface area contributed by atoms with Gasteiger partial charge in [-0.2, -0.15) is 0 Å². The van der Waals surface area contributed by atoms with E-state index in [1.807, 2.05) is 0 Å². The van der Waals surface area contributed by atoms with Gasteiger partial charge in [0, 0.05) is 6.42 Å². The van der Waals surface area contributed by atoms with E-state index in [9.17, 15) is 9.59 Å². The predicted octanol–water partition coefficient (Wildman–Crippen LogP) is -0.204. The Bertz CT molecular complexity index is 145. The van der Waals surface area contributed by atoms with E-state index < -0.39 is 0 Å². The Morgan fingerprint density at radius 2 is 2.25 bits per heavy atom. The van der Waals surface area contributed by atoms with Gasteiger partial charge in [-0.05, 0) is 0 Å². The number of imide groups is 1. The third-order valence-electron chi connectivity index (χ3n) is 0.912. The van der Waals surface area contributed by atoms with Crippen LogP contribution in [0.1, 0.15) is 6.42 Å². The molecule has 1 saturated heterocycles. The number of amides is 2. The second-order valence-electron chi connectivity index (χ2n) is 1.58. The molecule has 0 aromatic carbocycles. The predicted molar refractivity (Wildman–Crippen MR) is 30.5 cm³/mol. The maximum atomic E-state index is 10.4. The number of rotatable bonds is 0. The lowest BCUT2D eigenvalue weighted by molar-refractivity contribution is -0.124. The molecule has 0 spiro atoms. The van der Waals surface area contributed by atoms with E-state index in [0.29, 0.717) is 0 Å². The van der Waals surface area contributed by atoms with Crippen LogP contribution in [0.15, 0.2) is 0 Å². The molecule has 8 heavy (non-hydrogen) atoms. The fraction of sp³-hybridized carbons (Fsp3) is 0.500. The van der Waals surface area contributed by atoms with Crippen LogP contribution < -0.4 is 5.32 Å². The molecule has 0 aliphatic carbocycles. The van der Waals surface area contributed by atoms with Crippen molar-refractivity contribution in [3.05, 3.63) is 0 Å². The van der Waals surface area contributed by atoms with Gasteiger partial charge in [0.15, 0.2) is 0 Å². The van der Waals surface area contributed by atoms with Gasteiger partial charge < -0.3 is 0 Å². The first kappa shape index (κ1) is 5.75. The molecule has 2 amide bonds. The largest absolute Gasteiger partial charge is 0.295 e. The highest BCUT2D eigenvalue weighted by Crippen LogP contribution is 2.09. The van der Waals surface area contributed by atoms with E-state index in [2.05, 4.69) is 21.2 Å². The van der Waals surface area contributed by atoms with Crippen LogP contribution in [-0.4, -0.2) is 16.6 Å². The van der Waals surface area contributed by atoms with Gasteiger partial charge in [0.1, 0.15) is 4.83 Å². The number of alkyl halides is 1. The normalized spacial score (nSPS) is 28.4. The van der Waals surface area contributed by atoms with Crippen molar-refractivity contribution in [2.75, 3.05) is 0 Å². The van der Waals surface area contributed by atoms with E-state index in [0.717, 1.165) is 0 Å². The van der Waals surface area contributed by atoms with Crippen molar-refractivity contribution in [3.8, 4) is 0 Å².